The number of benzene rings is 1. The van der Waals surface area contributed by atoms with Gasteiger partial charge in [-0.3, -0.25) is 10.1 Å². The van der Waals surface area contributed by atoms with Crippen LogP contribution < -0.4 is 0 Å². The molecule has 0 unspecified atom stereocenters. The zero-order valence-corrected chi connectivity index (χ0v) is 15.1. The van der Waals surface area contributed by atoms with Gasteiger partial charge in [-0.25, -0.2) is 9.59 Å². The first-order valence-electron chi connectivity index (χ1n) is 8.90. The molecule has 2 aliphatic rings. The normalized spacial score (nSPS) is 18.1. The molecule has 1 aliphatic carbocycles. The molecule has 4 rings (SSSR count). The average molecular weight is 383 g/mol. The van der Waals surface area contributed by atoms with Crippen LogP contribution in [0.25, 0.3) is 17.4 Å². The van der Waals surface area contributed by atoms with Crippen LogP contribution in [0.3, 0.4) is 0 Å². The Hall–Kier alpha value is -3.42. The fraction of sp³-hybridized carbons (Fsp3) is 0.300. The first-order valence-corrected chi connectivity index (χ1v) is 8.90. The molecule has 0 atom stereocenters. The van der Waals surface area contributed by atoms with Crippen LogP contribution in [0, 0.1) is 17.0 Å². The molecule has 1 aromatic heterocycles. The van der Waals surface area contributed by atoms with Gasteiger partial charge in [0.05, 0.1) is 4.92 Å². The zero-order chi connectivity index (χ0) is 19.9. The third-order valence-corrected chi connectivity index (χ3v) is 4.97. The number of hydrogen-bond acceptors (Lipinski definition) is 7. The molecule has 144 valence electrons. The highest BCUT2D eigenvalue weighted by Gasteiger charge is 2.48. The number of hydrogen-bond donors (Lipinski definition) is 0. The molecule has 2 heterocycles. The highest BCUT2D eigenvalue weighted by Crippen LogP contribution is 2.39. The molecule has 1 spiro atoms. The number of rotatable bonds is 3. The van der Waals surface area contributed by atoms with Crippen LogP contribution in [0.1, 0.15) is 37.0 Å². The Labute approximate surface area is 159 Å². The van der Waals surface area contributed by atoms with Crippen molar-refractivity contribution in [2.45, 2.75) is 38.4 Å². The van der Waals surface area contributed by atoms with Gasteiger partial charge in [-0.1, -0.05) is 6.07 Å². The minimum atomic E-state index is -1.13. The van der Waals surface area contributed by atoms with E-state index in [0.717, 1.165) is 18.4 Å². The maximum atomic E-state index is 12.3. The number of nitro groups is 1. The zero-order valence-electron chi connectivity index (χ0n) is 15.1. The van der Waals surface area contributed by atoms with Gasteiger partial charge >= 0.3 is 11.9 Å². The summed E-state index contributed by atoms with van der Waals surface area (Å²) in [7, 11) is 0. The first kappa shape index (κ1) is 18.0. The lowest BCUT2D eigenvalue weighted by Crippen LogP contribution is -2.44. The maximum absolute atomic E-state index is 12.3. The van der Waals surface area contributed by atoms with Crippen molar-refractivity contribution in [2.75, 3.05) is 0 Å². The summed E-state index contributed by atoms with van der Waals surface area (Å²) in [5.74, 6) is -1.96. The lowest BCUT2D eigenvalue weighted by Gasteiger charge is -2.32. The summed E-state index contributed by atoms with van der Waals surface area (Å²) in [6, 6.07) is 7.65. The number of ether oxygens (including phenoxy) is 2. The van der Waals surface area contributed by atoms with Crippen LogP contribution in [0.2, 0.25) is 0 Å². The van der Waals surface area contributed by atoms with E-state index in [4.69, 9.17) is 13.9 Å². The van der Waals surface area contributed by atoms with Crippen molar-refractivity contribution in [3.8, 4) is 11.3 Å². The first-order chi connectivity index (χ1) is 13.4. The van der Waals surface area contributed by atoms with Crippen molar-refractivity contribution >= 4 is 23.7 Å². The summed E-state index contributed by atoms with van der Waals surface area (Å²) in [5, 5.41) is 11.0. The van der Waals surface area contributed by atoms with E-state index in [1.54, 1.807) is 25.1 Å². The van der Waals surface area contributed by atoms with E-state index in [0.29, 0.717) is 24.2 Å². The van der Waals surface area contributed by atoms with Crippen molar-refractivity contribution in [2.24, 2.45) is 0 Å². The van der Waals surface area contributed by atoms with E-state index in [9.17, 15) is 19.7 Å². The molecule has 0 bridgehead atoms. The topological polar surface area (TPSA) is 109 Å². The number of nitrogens with zero attached hydrogens (tertiary/aromatic N) is 1. The molecule has 1 aliphatic heterocycles. The molecule has 2 fully saturated rings. The highest BCUT2D eigenvalue weighted by molar-refractivity contribution is 6.18. The molecule has 28 heavy (non-hydrogen) atoms. The Morgan fingerprint density at radius 2 is 1.75 bits per heavy atom. The van der Waals surface area contributed by atoms with Gasteiger partial charge in [0.15, 0.2) is 0 Å². The standard InChI is InChI=1S/C20H17NO7/c1-12-4-5-13(21(24)25)10-15(12)17-7-6-14(26-17)11-16-18(22)27-20(28-19(16)23)8-2-3-9-20/h4-7,10-11H,2-3,8-9H2,1H3. The van der Waals surface area contributed by atoms with E-state index in [1.165, 1.54) is 18.2 Å². The molecule has 8 heteroatoms. The third kappa shape index (κ3) is 3.17. The SMILES string of the molecule is Cc1ccc([N+](=O)[O-])cc1-c1ccc(C=C2C(=O)OC3(CCCC3)OC2=O)o1. The number of carbonyl (C=O) groups is 2. The number of furan rings is 1. The Bertz CT molecular complexity index is 989. The van der Waals surface area contributed by atoms with E-state index in [1.807, 2.05) is 0 Å². The van der Waals surface area contributed by atoms with Gasteiger partial charge in [0.25, 0.3) is 11.5 Å². The molecule has 1 saturated heterocycles. The van der Waals surface area contributed by atoms with Gasteiger partial charge in [0.1, 0.15) is 17.1 Å². The van der Waals surface area contributed by atoms with Gasteiger partial charge in [0, 0.05) is 36.6 Å². The Morgan fingerprint density at radius 1 is 1.07 bits per heavy atom. The maximum Gasteiger partial charge on any atom is 0.349 e. The van der Waals surface area contributed by atoms with Crippen LogP contribution in [-0.2, 0) is 19.1 Å². The van der Waals surface area contributed by atoms with Crippen molar-refractivity contribution in [3.05, 3.63) is 57.3 Å². The van der Waals surface area contributed by atoms with Crippen molar-refractivity contribution in [1.82, 2.24) is 0 Å². The van der Waals surface area contributed by atoms with Crippen LogP contribution in [0.5, 0.6) is 0 Å². The van der Waals surface area contributed by atoms with E-state index in [2.05, 4.69) is 0 Å². The molecule has 0 radical (unpaired) electrons. The van der Waals surface area contributed by atoms with Crippen LogP contribution in [-0.4, -0.2) is 22.6 Å². The van der Waals surface area contributed by atoms with Crippen LogP contribution >= 0.6 is 0 Å². The minimum Gasteiger partial charge on any atom is -0.457 e. The Kier molecular flexibility index (Phi) is 4.26. The number of non-ortho nitro benzene ring substituents is 1. The molecule has 8 nitrogen and oxygen atoms in total. The molecular weight excluding hydrogens is 366 g/mol. The minimum absolute atomic E-state index is 0.0572. The second-order valence-electron chi connectivity index (χ2n) is 6.91. The second kappa shape index (κ2) is 6.63. The molecule has 2 aromatic rings. The molecule has 1 aromatic carbocycles. The molecule has 1 saturated carbocycles. The van der Waals surface area contributed by atoms with Crippen molar-refractivity contribution in [3.63, 3.8) is 0 Å². The molecule has 0 N–H and O–H groups in total. The lowest BCUT2D eigenvalue weighted by atomic mass is 10.1. The number of nitro benzene ring substituents is 1. The average Bonchev–Trinajstić information content (AvgIpc) is 3.28. The van der Waals surface area contributed by atoms with E-state index >= 15 is 0 Å². The second-order valence-corrected chi connectivity index (χ2v) is 6.91. The quantitative estimate of drug-likeness (QED) is 0.260. The van der Waals surface area contributed by atoms with Crippen molar-refractivity contribution < 1.29 is 28.4 Å². The van der Waals surface area contributed by atoms with Crippen LogP contribution in [0.4, 0.5) is 5.69 Å². The van der Waals surface area contributed by atoms with E-state index < -0.39 is 22.6 Å². The predicted molar refractivity (Wildman–Crippen MR) is 96.9 cm³/mol. The summed E-state index contributed by atoms with van der Waals surface area (Å²) in [6.45, 7) is 1.80. The molecule has 0 amide bonds. The summed E-state index contributed by atoms with van der Waals surface area (Å²) >= 11 is 0. The Balaban J connectivity index is 1.62. The monoisotopic (exact) mass is 383 g/mol. The summed E-state index contributed by atoms with van der Waals surface area (Å²) < 4.78 is 16.4. The fourth-order valence-electron chi connectivity index (χ4n) is 3.49. The summed E-state index contributed by atoms with van der Waals surface area (Å²) in [5.41, 5.74) is 1.05. The third-order valence-electron chi connectivity index (χ3n) is 4.97. The van der Waals surface area contributed by atoms with Gasteiger partial charge in [-0.15, -0.1) is 0 Å². The largest absolute Gasteiger partial charge is 0.457 e. The fourth-order valence-corrected chi connectivity index (χ4v) is 3.49. The van der Waals surface area contributed by atoms with Gasteiger partial charge < -0.3 is 13.9 Å². The van der Waals surface area contributed by atoms with Crippen LogP contribution in [0.15, 0.2) is 40.3 Å². The number of esters is 2. The van der Waals surface area contributed by atoms with Gasteiger partial charge in [-0.05, 0) is 37.5 Å². The number of carbonyl (C=O) groups excluding carboxylic acids is 2. The predicted octanol–water partition coefficient (Wildman–Crippen LogP) is 3.92. The van der Waals surface area contributed by atoms with Gasteiger partial charge in [-0.2, -0.15) is 0 Å². The molecular formula is C20H17NO7. The number of aryl methyl sites for hydroxylation is 1. The van der Waals surface area contributed by atoms with E-state index in [-0.39, 0.29) is 17.0 Å². The lowest BCUT2D eigenvalue weighted by molar-refractivity contribution is -0.384. The van der Waals surface area contributed by atoms with Crippen molar-refractivity contribution in [1.29, 1.82) is 0 Å². The smallest absolute Gasteiger partial charge is 0.349 e. The summed E-state index contributed by atoms with van der Waals surface area (Å²) in [4.78, 5) is 35.1. The summed E-state index contributed by atoms with van der Waals surface area (Å²) in [6.07, 6.45) is 3.96. The van der Waals surface area contributed by atoms with Gasteiger partial charge in [0.2, 0.25) is 0 Å². The Morgan fingerprint density at radius 3 is 2.39 bits per heavy atom. The highest BCUT2D eigenvalue weighted by atomic mass is 16.7.